The Morgan fingerprint density at radius 3 is 2.58 bits per heavy atom. The van der Waals surface area contributed by atoms with Crippen molar-refractivity contribution in [2.45, 2.75) is 0 Å². The van der Waals surface area contributed by atoms with Crippen molar-refractivity contribution in [3.63, 3.8) is 0 Å². The summed E-state index contributed by atoms with van der Waals surface area (Å²) in [4.78, 5) is 0. The highest BCUT2D eigenvalue weighted by Gasteiger charge is 2.23. The van der Waals surface area contributed by atoms with Gasteiger partial charge in [-0.05, 0) is 36.4 Å². The third-order valence-corrected chi connectivity index (χ3v) is 2.74. The third kappa shape index (κ3) is 2.48. The Morgan fingerprint density at radius 2 is 1.79 bits per heavy atom. The molecule has 3 rings (SSSR count). The van der Waals surface area contributed by atoms with Crippen molar-refractivity contribution >= 4 is 12.6 Å². The van der Waals surface area contributed by atoms with Gasteiger partial charge in [0.2, 0.25) is 6.79 Å². The standard InChI is InChI=1S/C13H10BFO4/c15-10-2-4-11(5-3-10)19-14(16)9-1-6-12-13(7-9)18-8-17-12/h1-7,16H,8H2. The lowest BCUT2D eigenvalue weighted by Crippen LogP contribution is -2.36. The van der Waals surface area contributed by atoms with E-state index in [0.29, 0.717) is 22.7 Å². The van der Waals surface area contributed by atoms with Crippen molar-refractivity contribution < 1.29 is 23.5 Å². The first kappa shape index (κ1) is 11.9. The molecule has 0 amide bonds. The summed E-state index contributed by atoms with van der Waals surface area (Å²) < 4.78 is 28.5. The number of fused-ring (bicyclic) bond motifs is 1. The monoisotopic (exact) mass is 260 g/mol. The molecule has 1 N–H and O–H groups in total. The van der Waals surface area contributed by atoms with E-state index in [9.17, 15) is 9.41 Å². The molecule has 0 fully saturated rings. The van der Waals surface area contributed by atoms with Crippen LogP contribution in [0.15, 0.2) is 42.5 Å². The van der Waals surface area contributed by atoms with Gasteiger partial charge in [0.1, 0.15) is 11.6 Å². The summed E-state index contributed by atoms with van der Waals surface area (Å²) in [7, 11) is -1.15. The van der Waals surface area contributed by atoms with Crippen molar-refractivity contribution in [2.75, 3.05) is 6.79 Å². The molecular formula is C13H10BFO4. The lowest BCUT2D eigenvalue weighted by atomic mass is 9.79. The maximum atomic E-state index is 12.7. The second kappa shape index (κ2) is 4.82. The summed E-state index contributed by atoms with van der Waals surface area (Å²) in [6.45, 7) is 0.174. The fourth-order valence-corrected chi connectivity index (χ4v) is 1.78. The topological polar surface area (TPSA) is 47.9 Å². The van der Waals surface area contributed by atoms with Crippen LogP contribution in [0.5, 0.6) is 17.2 Å². The smallest absolute Gasteiger partial charge is 0.532 e. The predicted molar refractivity (Wildman–Crippen MR) is 67.2 cm³/mol. The minimum atomic E-state index is -1.15. The first-order valence-electron chi connectivity index (χ1n) is 5.72. The van der Waals surface area contributed by atoms with Crippen molar-refractivity contribution in [1.29, 1.82) is 0 Å². The maximum absolute atomic E-state index is 12.7. The Labute approximate surface area is 109 Å². The molecule has 1 heterocycles. The second-order valence-corrected chi connectivity index (χ2v) is 4.04. The van der Waals surface area contributed by atoms with E-state index in [1.165, 1.54) is 24.3 Å². The molecule has 19 heavy (non-hydrogen) atoms. The molecule has 96 valence electrons. The van der Waals surface area contributed by atoms with Gasteiger partial charge in [-0.15, -0.1) is 0 Å². The molecule has 1 aliphatic heterocycles. The summed E-state index contributed by atoms with van der Waals surface area (Å²) in [5, 5.41) is 9.96. The molecule has 0 radical (unpaired) electrons. The van der Waals surface area contributed by atoms with Crippen LogP contribution in [-0.2, 0) is 0 Å². The molecule has 1 aliphatic rings. The van der Waals surface area contributed by atoms with Crippen LogP contribution >= 0.6 is 0 Å². The number of ether oxygens (including phenoxy) is 2. The predicted octanol–water partition coefficient (Wildman–Crippen LogP) is 1.32. The molecule has 4 nitrogen and oxygen atoms in total. The van der Waals surface area contributed by atoms with Crippen molar-refractivity contribution in [2.24, 2.45) is 0 Å². The van der Waals surface area contributed by atoms with E-state index in [1.807, 2.05) is 0 Å². The van der Waals surface area contributed by atoms with Gasteiger partial charge in [-0.25, -0.2) is 4.39 Å². The summed E-state index contributed by atoms with van der Waals surface area (Å²) in [6, 6.07) is 10.5. The minimum Gasteiger partial charge on any atom is -0.532 e. The van der Waals surface area contributed by atoms with Crippen molar-refractivity contribution in [3.8, 4) is 17.2 Å². The average molecular weight is 260 g/mol. The van der Waals surface area contributed by atoms with Crippen LogP contribution in [0, 0.1) is 5.82 Å². The molecule has 2 aromatic carbocycles. The van der Waals surface area contributed by atoms with Gasteiger partial charge in [-0.2, -0.15) is 0 Å². The number of halogens is 1. The van der Waals surface area contributed by atoms with Gasteiger partial charge in [0, 0.05) is 5.46 Å². The summed E-state index contributed by atoms with van der Waals surface area (Å²) in [6.07, 6.45) is 0. The normalized spacial score (nSPS) is 12.3. The molecule has 6 heteroatoms. The average Bonchev–Trinajstić information content (AvgIpc) is 2.88. The Morgan fingerprint density at radius 1 is 1.05 bits per heavy atom. The second-order valence-electron chi connectivity index (χ2n) is 4.04. The molecule has 0 atom stereocenters. The molecule has 0 saturated carbocycles. The quantitative estimate of drug-likeness (QED) is 0.845. The van der Waals surface area contributed by atoms with Crippen LogP contribution in [0.1, 0.15) is 0 Å². The van der Waals surface area contributed by atoms with Gasteiger partial charge in [0.15, 0.2) is 11.5 Å². The molecule has 0 unspecified atom stereocenters. The Balaban J connectivity index is 1.76. The van der Waals surface area contributed by atoms with E-state index >= 15 is 0 Å². The SMILES string of the molecule is OB(Oc1ccc(F)cc1)c1ccc2c(c1)OCO2. The molecule has 0 aliphatic carbocycles. The molecule has 0 saturated heterocycles. The van der Waals surface area contributed by atoms with Crippen molar-refractivity contribution in [1.82, 2.24) is 0 Å². The minimum absolute atomic E-state index is 0.174. The molecule has 0 spiro atoms. The highest BCUT2D eigenvalue weighted by Crippen LogP contribution is 2.30. The van der Waals surface area contributed by atoms with E-state index < -0.39 is 7.12 Å². The van der Waals surface area contributed by atoms with Gasteiger partial charge >= 0.3 is 7.12 Å². The molecule has 0 bridgehead atoms. The van der Waals surface area contributed by atoms with Gasteiger partial charge in [0.05, 0.1) is 0 Å². The Kier molecular flexibility index (Phi) is 3.01. The van der Waals surface area contributed by atoms with Crippen LogP contribution in [0.3, 0.4) is 0 Å². The fraction of sp³-hybridized carbons (Fsp3) is 0.0769. The van der Waals surface area contributed by atoms with Crippen LogP contribution in [0.25, 0.3) is 0 Å². The third-order valence-electron chi connectivity index (χ3n) is 2.74. The van der Waals surface area contributed by atoms with Gasteiger partial charge in [0.25, 0.3) is 0 Å². The van der Waals surface area contributed by atoms with E-state index in [-0.39, 0.29) is 12.6 Å². The number of benzene rings is 2. The van der Waals surface area contributed by atoms with Gasteiger partial charge in [-0.3, -0.25) is 0 Å². The number of rotatable bonds is 3. The largest absolute Gasteiger partial charge is 0.560 e. The Bertz CT molecular complexity index is 588. The first-order chi connectivity index (χ1) is 9.22. The molecule has 0 aromatic heterocycles. The van der Waals surface area contributed by atoms with E-state index in [2.05, 4.69) is 0 Å². The summed E-state index contributed by atoms with van der Waals surface area (Å²) in [5.74, 6) is 1.23. The fourth-order valence-electron chi connectivity index (χ4n) is 1.78. The zero-order valence-corrected chi connectivity index (χ0v) is 9.88. The Hall–Kier alpha value is -2.21. The molecule has 2 aromatic rings. The summed E-state index contributed by atoms with van der Waals surface area (Å²) in [5.41, 5.74) is 0.536. The lowest BCUT2D eigenvalue weighted by Gasteiger charge is -2.10. The number of hydrogen-bond donors (Lipinski definition) is 1. The van der Waals surface area contributed by atoms with Crippen LogP contribution in [0.4, 0.5) is 4.39 Å². The highest BCUT2D eigenvalue weighted by atomic mass is 19.1. The lowest BCUT2D eigenvalue weighted by molar-refractivity contribution is 0.174. The molecular weight excluding hydrogens is 250 g/mol. The first-order valence-corrected chi connectivity index (χ1v) is 5.72. The van der Waals surface area contributed by atoms with E-state index in [0.717, 1.165) is 0 Å². The van der Waals surface area contributed by atoms with Crippen LogP contribution < -0.4 is 19.6 Å². The van der Waals surface area contributed by atoms with Crippen LogP contribution in [-0.4, -0.2) is 18.9 Å². The van der Waals surface area contributed by atoms with Crippen LogP contribution in [0.2, 0.25) is 0 Å². The zero-order valence-electron chi connectivity index (χ0n) is 9.88. The zero-order chi connectivity index (χ0) is 13.2. The highest BCUT2D eigenvalue weighted by molar-refractivity contribution is 6.60. The van der Waals surface area contributed by atoms with Gasteiger partial charge in [-0.1, -0.05) is 6.07 Å². The van der Waals surface area contributed by atoms with E-state index in [1.54, 1.807) is 18.2 Å². The van der Waals surface area contributed by atoms with Gasteiger partial charge < -0.3 is 19.2 Å². The van der Waals surface area contributed by atoms with Crippen molar-refractivity contribution in [3.05, 3.63) is 48.3 Å². The van der Waals surface area contributed by atoms with E-state index in [4.69, 9.17) is 14.1 Å². The summed E-state index contributed by atoms with van der Waals surface area (Å²) >= 11 is 0. The number of hydrogen-bond acceptors (Lipinski definition) is 4. The maximum Gasteiger partial charge on any atom is 0.560 e.